The summed E-state index contributed by atoms with van der Waals surface area (Å²) in [5.41, 5.74) is 0.756. The Morgan fingerprint density at radius 1 is 1.56 bits per heavy atom. The molecular weight excluding hydrogens is 212 g/mol. The van der Waals surface area contributed by atoms with Crippen LogP contribution in [0.1, 0.15) is 13.8 Å². The minimum absolute atomic E-state index is 0.0215. The van der Waals surface area contributed by atoms with E-state index in [2.05, 4.69) is 20.3 Å². The molecular formula is C9H14N4O3. The smallest absolute Gasteiger partial charge is 0.325 e. The number of hydrogen-bond acceptors (Lipinski definition) is 5. The molecule has 88 valence electrons. The molecule has 0 saturated carbocycles. The Hall–Kier alpha value is -1.92. The normalized spacial score (nSPS) is 17.3. The molecule has 0 atom stereocenters. The highest BCUT2D eigenvalue weighted by Crippen LogP contribution is 1.99. The fourth-order valence-corrected chi connectivity index (χ4v) is 1.08. The van der Waals surface area contributed by atoms with Crippen LogP contribution in [0, 0.1) is 0 Å². The predicted octanol–water partition coefficient (Wildman–Crippen LogP) is -0.657. The Kier molecular flexibility index (Phi) is 3.98. The summed E-state index contributed by atoms with van der Waals surface area (Å²) < 4.78 is 4.51. The minimum atomic E-state index is -0.429. The predicted molar refractivity (Wildman–Crippen MR) is 57.9 cm³/mol. The van der Waals surface area contributed by atoms with Crippen LogP contribution in [0.2, 0.25) is 0 Å². The van der Waals surface area contributed by atoms with Gasteiger partial charge in [-0.05, 0) is 13.8 Å². The van der Waals surface area contributed by atoms with Gasteiger partial charge in [0, 0.05) is 5.71 Å². The van der Waals surface area contributed by atoms with Crippen LogP contribution in [0.5, 0.6) is 0 Å². The molecule has 1 aliphatic rings. The molecule has 0 radical (unpaired) electrons. The number of guanidine groups is 1. The van der Waals surface area contributed by atoms with Crippen LogP contribution < -0.4 is 5.32 Å². The van der Waals surface area contributed by atoms with Crippen molar-refractivity contribution in [3.8, 4) is 0 Å². The molecule has 1 amide bonds. The van der Waals surface area contributed by atoms with Gasteiger partial charge in [0.05, 0.1) is 7.11 Å². The second kappa shape index (κ2) is 5.24. The molecule has 0 aromatic carbocycles. The van der Waals surface area contributed by atoms with Gasteiger partial charge in [0.2, 0.25) is 11.9 Å². The Morgan fingerprint density at radius 2 is 2.25 bits per heavy atom. The van der Waals surface area contributed by atoms with Gasteiger partial charge < -0.3 is 9.64 Å². The molecule has 7 heteroatoms. The highest BCUT2D eigenvalue weighted by atomic mass is 16.5. The number of carbonyl (C=O) groups is 2. The van der Waals surface area contributed by atoms with Crippen molar-refractivity contribution < 1.29 is 14.3 Å². The van der Waals surface area contributed by atoms with E-state index in [1.54, 1.807) is 13.8 Å². The van der Waals surface area contributed by atoms with E-state index >= 15 is 0 Å². The van der Waals surface area contributed by atoms with Crippen LogP contribution >= 0.6 is 0 Å². The van der Waals surface area contributed by atoms with Crippen molar-refractivity contribution in [3.05, 3.63) is 0 Å². The lowest BCUT2D eigenvalue weighted by Gasteiger charge is -2.13. The van der Waals surface area contributed by atoms with Crippen molar-refractivity contribution in [2.24, 2.45) is 10.2 Å². The molecule has 16 heavy (non-hydrogen) atoms. The first-order valence-electron chi connectivity index (χ1n) is 4.73. The topological polar surface area (TPSA) is 83.4 Å². The van der Waals surface area contributed by atoms with E-state index in [4.69, 9.17) is 0 Å². The number of nitrogens with one attached hydrogen (secondary N) is 1. The summed E-state index contributed by atoms with van der Waals surface area (Å²) >= 11 is 0. The number of hydrogen-bond donors (Lipinski definition) is 1. The Morgan fingerprint density at radius 3 is 2.81 bits per heavy atom. The molecule has 7 nitrogen and oxygen atoms in total. The third kappa shape index (κ3) is 3.34. The summed E-state index contributed by atoms with van der Waals surface area (Å²) in [6.45, 7) is 3.63. The van der Waals surface area contributed by atoms with Crippen molar-refractivity contribution in [1.82, 2.24) is 10.2 Å². The number of amides is 1. The van der Waals surface area contributed by atoms with Crippen LogP contribution in [-0.4, -0.2) is 48.6 Å². The van der Waals surface area contributed by atoms with E-state index in [1.807, 2.05) is 0 Å². The Bertz CT molecular complexity index is 358. The van der Waals surface area contributed by atoms with Crippen LogP contribution in [-0.2, 0) is 14.3 Å². The molecule has 0 bridgehead atoms. The minimum Gasteiger partial charge on any atom is -0.468 e. The monoisotopic (exact) mass is 226 g/mol. The van der Waals surface area contributed by atoms with Crippen molar-refractivity contribution in [2.45, 2.75) is 13.8 Å². The van der Waals surface area contributed by atoms with Gasteiger partial charge in [-0.3, -0.25) is 14.9 Å². The molecule has 1 saturated heterocycles. The Labute approximate surface area is 93.2 Å². The second-order valence-corrected chi connectivity index (χ2v) is 3.45. The summed E-state index contributed by atoms with van der Waals surface area (Å²) in [6.07, 6.45) is 0. The average molecular weight is 226 g/mol. The van der Waals surface area contributed by atoms with E-state index in [0.29, 0.717) is 0 Å². The number of methoxy groups -OCH3 is 1. The summed E-state index contributed by atoms with van der Waals surface area (Å²) in [5, 5.41) is 10.2. The fraction of sp³-hybridized carbons (Fsp3) is 0.556. The van der Waals surface area contributed by atoms with E-state index in [9.17, 15) is 9.59 Å². The molecule has 1 N–H and O–H groups in total. The zero-order valence-electron chi connectivity index (χ0n) is 9.48. The average Bonchev–Trinajstić information content (AvgIpc) is 2.55. The maximum absolute atomic E-state index is 11.1. The number of rotatable bonds is 3. The molecule has 1 rings (SSSR count). The largest absolute Gasteiger partial charge is 0.468 e. The highest BCUT2D eigenvalue weighted by Gasteiger charge is 2.27. The van der Waals surface area contributed by atoms with Gasteiger partial charge in [-0.15, -0.1) is 5.10 Å². The van der Waals surface area contributed by atoms with E-state index in [0.717, 1.165) is 5.71 Å². The van der Waals surface area contributed by atoms with Crippen LogP contribution in [0.15, 0.2) is 10.2 Å². The second-order valence-electron chi connectivity index (χ2n) is 3.45. The first-order valence-corrected chi connectivity index (χ1v) is 4.73. The summed E-state index contributed by atoms with van der Waals surface area (Å²) in [7, 11) is 1.29. The van der Waals surface area contributed by atoms with Gasteiger partial charge in [0.15, 0.2) is 0 Å². The van der Waals surface area contributed by atoms with Gasteiger partial charge in [-0.1, -0.05) is 0 Å². The molecule has 0 spiro atoms. The number of nitrogens with zero attached hydrogens (tertiary/aromatic N) is 3. The number of carbonyl (C=O) groups excluding carboxylic acids is 2. The molecule has 0 aromatic heterocycles. The van der Waals surface area contributed by atoms with Crippen LogP contribution in [0.4, 0.5) is 0 Å². The zero-order valence-corrected chi connectivity index (χ0v) is 9.48. The standard InChI is InChI=1S/C9H14N4O3/c1-6(2)11-12-9-10-7(14)4-13(9)5-8(15)16-3/h4-5H2,1-3H3,(H,10,12,14). The van der Waals surface area contributed by atoms with Gasteiger partial charge in [-0.25, -0.2) is 0 Å². The van der Waals surface area contributed by atoms with Gasteiger partial charge in [-0.2, -0.15) is 5.10 Å². The van der Waals surface area contributed by atoms with E-state index in [1.165, 1.54) is 12.0 Å². The molecule has 1 heterocycles. The number of ether oxygens (including phenoxy) is 1. The first kappa shape index (κ1) is 12.2. The lowest BCUT2D eigenvalue weighted by Crippen LogP contribution is -2.34. The van der Waals surface area contributed by atoms with Crippen LogP contribution in [0.25, 0.3) is 0 Å². The van der Waals surface area contributed by atoms with Crippen molar-refractivity contribution in [2.75, 3.05) is 20.2 Å². The lowest BCUT2D eigenvalue weighted by atomic mass is 10.5. The maximum Gasteiger partial charge on any atom is 0.325 e. The molecule has 0 unspecified atom stereocenters. The van der Waals surface area contributed by atoms with E-state index in [-0.39, 0.29) is 25.0 Å². The summed E-state index contributed by atoms with van der Waals surface area (Å²) in [4.78, 5) is 23.7. The number of esters is 1. The van der Waals surface area contributed by atoms with Crippen LogP contribution in [0.3, 0.4) is 0 Å². The fourth-order valence-electron chi connectivity index (χ4n) is 1.08. The van der Waals surface area contributed by atoms with Gasteiger partial charge in [0.25, 0.3) is 0 Å². The molecule has 1 fully saturated rings. The highest BCUT2D eigenvalue weighted by molar-refractivity contribution is 6.05. The SMILES string of the molecule is COC(=O)CN1CC(=O)N/C1=N\N=C(C)C. The third-order valence-electron chi connectivity index (χ3n) is 1.78. The van der Waals surface area contributed by atoms with Gasteiger partial charge in [0.1, 0.15) is 13.1 Å². The van der Waals surface area contributed by atoms with Gasteiger partial charge >= 0.3 is 5.97 Å². The maximum atomic E-state index is 11.1. The van der Waals surface area contributed by atoms with Crippen molar-refractivity contribution in [1.29, 1.82) is 0 Å². The lowest BCUT2D eigenvalue weighted by molar-refractivity contribution is -0.140. The molecule has 0 aliphatic carbocycles. The zero-order chi connectivity index (χ0) is 12.1. The quantitative estimate of drug-likeness (QED) is 0.393. The molecule has 0 aromatic rings. The summed E-state index contributed by atoms with van der Waals surface area (Å²) in [6, 6.07) is 0. The van der Waals surface area contributed by atoms with Crippen molar-refractivity contribution in [3.63, 3.8) is 0 Å². The molecule has 1 aliphatic heterocycles. The summed E-state index contributed by atoms with van der Waals surface area (Å²) in [5.74, 6) is -0.371. The third-order valence-corrected chi connectivity index (χ3v) is 1.78. The Balaban J connectivity index is 2.74. The van der Waals surface area contributed by atoms with E-state index < -0.39 is 5.97 Å². The van der Waals surface area contributed by atoms with Crippen molar-refractivity contribution >= 4 is 23.5 Å². The first-order chi connectivity index (χ1) is 7.52.